The van der Waals surface area contributed by atoms with E-state index in [0.717, 1.165) is 11.3 Å². The molecule has 1 heterocycles. The van der Waals surface area contributed by atoms with E-state index in [2.05, 4.69) is 19.2 Å². The average molecular weight is 231 g/mol. The van der Waals surface area contributed by atoms with Gasteiger partial charge >= 0.3 is 0 Å². The Morgan fingerprint density at radius 1 is 1.41 bits per heavy atom. The first-order valence-corrected chi connectivity index (χ1v) is 5.87. The van der Waals surface area contributed by atoms with E-state index >= 15 is 0 Å². The molecule has 1 N–H and O–H groups in total. The Morgan fingerprint density at radius 2 is 2.18 bits per heavy atom. The van der Waals surface area contributed by atoms with Gasteiger partial charge in [-0.15, -0.1) is 0 Å². The second-order valence-corrected chi connectivity index (χ2v) is 4.60. The molecule has 1 amide bonds. The number of benzene rings is 1. The van der Waals surface area contributed by atoms with Crippen LogP contribution in [0.1, 0.15) is 19.4 Å². The summed E-state index contributed by atoms with van der Waals surface area (Å²) in [6, 6.07) is 7.73. The van der Waals surface area contributed by atoms with Gasteiger partial charge in [0, 0.05) is 12.1 Å². The van der Waals surface area contributed by atoms with Gasteiger partial charge in [-0.1, -0.05) is 32.0 Å². The van der Waals surface area contributed by atoms with E-state index in [-0.39, 0.29) is 5.91 Å². The first-order chi connectivity index (χ1) is 8.16. The molecular formula is C14H17NO2. The summed E-state index contributed by atoms with van der Waals surface area (Å²) in [7, 11) is 0. The number of carbonyl (C=O) groups excluding carboxylic acids is 1. The second kappa shape index (κ2) is 5.04. The molecule has 1 aromatic carbocycles. The van der Waals surface area contributed by atoms with Gasteiger partial charge in [0.2, 0.25) is 0 Å². The summed E-state index contributed by atoms with van der Waals surface area (Å²) < 4.78 is 5.53. The van der Waals surface area contributed by atoms with Crippen LogP contribution in [0.5, 0.6) is 5.75 Å². The van der Waals surface area contributed by atoms with Crippen LogP contribution in [0.25, 0.3) is 6.08 Å². The number of amides is 1. The molecule has 0 spiro atoms. The minimum Gasteiger partial charge on any atom is -0.488 e. The first kappa shape index (κ1) is 11.7. The van der Waals surface area contributed by atoms with Crippen LogP contribution in [0, 0.1) is 5.92 Å². The van der Waals surface area contributed by atoms with Crippen molar-refractivity contribution >= 4 is 12.0 Å². The fourth-order valence-corrected chi connectivity index (χ4v) is 1.66. The zero-order valence-electron chi connectivity index (χ0n) is 10.2. The molecule has 0 saturated carbocycles. The lowest BCUT2D eigenvalue weighted by molar-refractivity contribution is -0.117. The van der Waals surface area contributed by atoms with Crippen LogP contribution in [0.4, 0.5) is 0 Å². The summed E-state index contributed by atoms with van der Waals surface area (Å²) in [5.74, 6) is 1.26. The van der Waals surface area contributed by atoms with Gasteiger partial charge in [-0.2, -0.15) is 0 Å². The molecule has 0 unspecified atom stereocenters. The Labute approximate surface area is 101 Å². The van der Waals surface area contributed by atoms with Gasteiger partial charge in [0.25, 0.3) is 5.91 Å². The van der Waals surface area contributed by atoms with Crippen LogP contribution in [-0.4, -0.2) is 19.1 Å². The molecule has 0 aliphatic carbocycles. The summed E-state index contributed by atoms with van der Waals surface area (Å²) >= 11 is 0. The van der Waals surface area contributed by atoms with Crippen molar-refractivity contribution in [2.45, 2.75) is 13.8 Å². The van der Waals surface area contributed by atoms with Crippen LogP contribution in [0.2, 0.25) is 0 Å². The molecule has 3 heteroatoms. The molecule has 1 aromatic rings. The Kier molecular flexibility index (Phi) is 3.47. The van der Waals surface area contributed by atoms with E-state index in [4.69, 9.17) is 4.74 Å². The molecule has 0 radical (unpaired) electrons. The number of nitrogens with one attached hydrogen (secondary N) is 1. The van der Waals surface area contributed by atoms with E-state index in [9.17, 15) is 4.79 Å². The SMILES string of the molecule is CC(C)CNC(=O)C1=Cc2ccccc2OC1. The van der Waals surface area contributed by atoms with Crippen molar-refractivity contribution in [1.29, 1.82) is 0 Å². The minimum absolute atomic E-state index is 0.0341. The maximum Gasteiger partial charge on any atom is 0.250 e. The summed E-state index contributed by atoms with van der Waals surface area (Å²) in [6.07, 6.45) is 1.90. The molecule has 0 fully saturated rings. The minimum atomic E-state index is -0.0341. The lowest BCUT2D eigenvalue weighted by atomic mass is 10.1. The van der Waals surface area contributed by atoms with E-state index in [1.165, 1.54) is 0 Å². The third-order valence-electron chi connectivity index (χ3n) is 2.59. The van der Waals surface area contributed by atoms with Crippen LogP contribution >= 0.6 is 0 Å². The van der Waals surface area contributed by atoms with Crippen molar-refractivity contribution in [2.75, 3.05) is 13.2 Å². The van der Waals surface area contributed by atoms with Gasteiger partial charge < -0.3 is 10.1 Å². The summed E-state index contributed by atoms with van der Waals surface area (Å²) in [4.78, 5) is 11.9. The van der Waals surface area contributed by atoms with Crippen molar-refractivity contribution in [3.63, 3.8) is 0 Å². The number of rotatable bonds is 3. The highest BCUT2D eigenvalue weighted by Crippen LogP contribution is 2.25. The lowest BCUT2D eigenvalue weighted by Gasteiger charge is -2.17. The van der Waals surface area contributed by atoms with Crippen molar-refractivity contribution in [3.05, 3.63) is 35.4 Å². The average Bonchev–Trinajstić information content (AvgIpc) is 2.35. The van der Waals surface area contributed by atoms with E-state index in [0.29, 0.717) is 24.6 Å². The number of para-hydroxylation sites is 1. The monoisotopic (exact) mass is 231 g/mol. The van der Waals surface area contributed by atoms with Crippen LogP contribution < -0.4 is 10.1 Å². The van der Waals surface area contributed by atoms with E-state index < -0.39 is 0 Å². The zero-order chi connectivity index (χ0) is 12.3. The molecule has 0 aromatic heterocycles. The Hall–Kier alpha value is -1.77. The molecule has 17 heavy (non-hydrogen) atoms. The van der Waals surface area contributed by atoms with Crippen molar-refractivity contribution < 1.29 is 9.53 Å². The number of hydrogen-bond donors (Lipinski definition) is 1. The van der Waals surface area contributed by atoms with Crippen LogP contribution in [-0.2, 0) is 4.79 Å². The number of hydrogen-bond acceptors (Lipinski definition) is 2. The second-order valence-electron chi connectivity index (χ2n) is 4.60. The molecule has 0 saturated heterocycles. The maximum atomic E-state index is 11.9. The first-order valence-electron chi connectivity index (χ1n) is 5.87. The number of carbonyl (C=O) groups is 1. The molecule has 90 valence electrons. The topological polar surface area (TPSA) is 38.3 Å². The van der Waals surface area contributed by atoms with Gasteiger partial charge in [0.1, 0.15) is 12.4 Å². The van der Waals surface area contributed by atoms with Crippen molar-refractivity contribution in [2.24, 2.45) is 5.92 Å². The van der Waals surface area contributed by atoms with Gasteiger partial charge in [-0.3, -0.25) is 4.79 Å². The normalized spacial score (nSPS) is 13.7. The van der Waals surface area contributed by atoms with Gasteiger partial charge in [-0.05, 0) is 18.1 Å². The smallest absolute Gasteiger partial charge is 0.250 e. The zero-order valence-corrected chi connectivity index (χ0v) is 10.2. The predicted octanol–water partition coefficient (Wildman–Crippen LogP) is 2.23. The fourth-order valence-electron chi connectivity index (χ4n) is 1.66. The van der Waals surface area contributed by atoms with Crippen molar-refractivity contribution in [1.82, 2.24) is 5.32 Å². The molecule has 0 bridgehead atoms. The van der Waals surface area contributed by atoms with Crippen LogP contribution in [0.3, 0.4) is 0 Å². The molecule has 0 atom stereocenters. The Balaban J connectivity index is 2.09. The molecule has 1 aliphatic rings. The van der Waals surface area contributed by atoms with E-state index in [1.807, 2.05) is 30.3 Å². The highest BCUT2D eigenvalue weighted by atomic mass is 16.5. The predicted molar refractivity (Wildman–Crippen MR) is 67.8 cm³/mol. The van der Waals surface area contributed by atoms with Gasteiger partial charge in [-0.25, -0.2) is 0 Å². The number of fused-ring (bicyclic) bond motifs is 1. The summed E-state index contributed by atoms with van der Waals surface area (Å²) in [6.45, 7) is 5.18. The fraction of sp³-hybridized carbons (Fsp3) is 0.357. The molecule has 3 nitrogen and oxygen atoms in total. The summed E-state index contributed by atoms with van der Waals surface area (Å²) in [5, 5.41) is 2.90. The largest absolute Gasteiger partial charge is 0.488 e. The van der Waals surface area contributed by atoms with Crippen LogP contribution in [0.15, 0.2) is 29.8 Å². The third-order valence-corrected chi connectivity index (χ3v) is 2.59. The quantitative estimate of drug-likeness (QED) is 0.866. The highest BCUT2D eigenvalue weighted by Gasteiger charge is 2.16. The Bertz CT molecular complexity index is 449. The van der Waals surface area contributed by atoms with Crippen molar-refractivity contribution in [3.8, 4) is 5.75 Å². The molecular weight excluding hydrogens is 214 g/mol. The van der Waals surface area contributed by atoms with Gasteiger partial charge in [0.05, 0.1) is 5.57 Å². The van der Waals surface area contributed by atoms with Gasteiger partial charge in [0.15, 0.2) is 0 Å². The Morgan fingerprint density at radius 3 is 2.94 bits per heavy atom. The molecule has 1 aliphatic heterocycles. The van der Waals surface area contributed by atoms with E-state index in [1.54, 1.807) is 0 Å². The maximum absolute atomic E-state index is 11.9. The number of ether oxygens (including phenoxy) is 1. The standard InChI is InChI=1S/C14H17NO2/c1-10(2)8-15-14(16)12-7-11-5-3-4-6-13(11)17-9-12/h3-7,10H,8-9H2,1-2H3,(H,15,16). The highest BCUT2D eigenvalue weighted by molar-refractivity contribution is 5.99. The lowest BCUT2D eigenvalue weighted by Crippen LogP contribution is -2.31. The summed E-state index contributed by atoms with van der Waals surface area (Å²) in [5.41, 5.74) is 1.65. The third kappa shape index (κ3) is 2.87. The molecule has 2 rings (SSSR count).